The summed E-state index contributed by atoms with van der Waals surface area (Å²) in [5.74, 6) is 0.801. The Morgan fingerprint density at radius 3 is 2.56 bits per heavy atom. The Labute approximate surface area is 159 Å². The third kappa shape index (κ3) is 7.38. The van der Waals surface area contributed by atoms with Crippen LogP contribution in [-0.2, 0) is 12.7 Å². The molecule has 1 unspecified atom stereocenters. The predicted octanol–water partition coefficient (Wildman–Crippen LogP) is 2.40. The van der Waals surface area contributed by atoms with E-state index in [1.54, 1.807) is 19.2 Å². The lowest BCUT2D eigenvalue weighted by molar-refractivity contribution is -0.137. The third-order valence-electron chi connectivity index (χ3n) is 4.60. The summed E-state index contributed by atoms with van der Waals surface area (Å²) < 4.78 is 37.9. The van der Waals surface area contributed by atoms with Crippen molar-refractivity contribution in [2.75, 3.05) is 47.3 Å². The van der Waals surface area contributed by atoms with Gasteiger partial charge in [0.2, 0.25) is 0 Å². The average Bonchev–Trinajstić information content (AvgIpc) is 3.04. The highest BCUT2D eigenvalue weighted by molar-refractivity contribution is 5.79. The molecule has 0 aliphatic carbocycles. The summed E-state index contributed by atoms with van der Waals surface area (Å²) in [4.78, 5) is 8.66. The summed E-state index contributed by atoms with van der Waals surface area (Å²) in [6, 6.07) is 5.73. The lowest BCUT2D eigenvalue weighted by atomic mass is 10.1. The number of hydrogen-bond acceptors (Lipinski definition) is 3. The minimum atomic E-state index is -4.28. The van der Waals surface area contributed by atoms with Gasteiger partial charge in [0, 0.05) is 39.3 Å². The van der Waals surface area contributed by atoms with E-state index in [0.29, 0.717) is 12.6 Å². The van der Waals surface area contributed by atoms with Crippen molar-refractivity contribution >= 4 is 5.96 Å². The Balaban J connectivity index is 1.75. The van der Waals surface area contributed by atoms with E-state index in [0.717, 1.165) is 62.7 Å². The minimum absolute atomic E-state index is 0.291. The van der Waals surface area contributed by atoms with Gasteiger partial charge >= 0.3 is 6.18 Å². The first-order chi connectivity index (χ1) is 12.8. The lowest BCUT2D eigenvalue weighted by Crippen LogP contribution is -2.45. The molecule has 0 amide bonds. The molecule has 0 saturated carbocycles. The molecule has 0 bridgehead atoms. The van der Waals surface area contributed by atoms with Crippen LogP contribution >= 0.6 is 0 Å². The zero-order valence-corrected chi connectivity index (χ0v) is 16.3. The van der Waals surface area contributed by atoms with Crippen molar-refractivity contribution in [3.63, 3.8) is 0 Å². The van der Waals surface area contributed by atoms with Crippen LogP contribution in [0.2, 0.25) is 0 Å². The van der Waals surface area contributed by atoms with Crippen LogP contribution in [0.4, 0.5) is 13.2 Å². The van der Waals surface area contributed by atoms with E-state index in [4.69, 9.17) is 0 Å². The number of benzene rings is 1. The summed E-state index contributed by atoms with van der Waals surface area (Å²) in [6.45, 7) is 4.30. The maximum absolute atomic E-state index is 12.6. The molecule has 27 heavy (non-hydrogen) atoms. The van der Waals surface area contributed by atoms with E-state index < -0.39 is 11.7 Å². The highest BCUT2D eigenvalue weighted by Gasteiger charge is 2.30. The fourth-order valence-electron chi connectivity index (χ4n) is 3.14. The van der Waals surface area contributed by atoms with Crippen LogP contribution in [0, 0.1) is 0 Å². The van der Waals surface area contributed by atoms with Crippen molar-refractivity contribution in [1.82, 2.24) is 20.4 Å². The van der Waals surface area contributed by atoms with Gasteiger partial charge in [0.25, 0.3) is 0 Å². The minimum Gasteiger partial charge on any atom is -0.356 e. The van der Waals surface area contributed by atoms with Gasteiger partial charge in [-0.1, -0.05) is 12.1 Å². The molecule has 2 rings (SSSR count). The van der Waals surface area contributed by atoms with E-state index in [-0.39, 0.29) is 0 Å². The molecule has 0 radical (unpaired) electrons. The number of rotatable bonds is 7. The van der Waals surface area contributed by atoms with Crippen LogP contribution in [0.1, 0.15) is 24.0 Å². The number of halogens is 3. The van der Waals surface area contributed by atoms with Crippen LogP contribution < -0.4 is 10.6 Å². The molecule has 1 aliphatic heterocycles. The summed E-state index contributed by atoms with van der Waals surface area (Å²) in [5, 5.41) is 6.76. The molecular weight excluding hydrogens is 355 g/mol. The maximum Gasteiger partial charge on any atom is 0.416 e. The van der Waals surface area contributed by atoms with Crippen LogP contribution in [-0.4, -0.2) is 69.1 Å². The Morgan fingerprint density at radius 2 is 1.96 bits per heavy atom. The van der Waals surface area contributed by atoms with Gasteiger partial charge in [-0.2, -0.15) is 13.2 Å². The number of aliphatic imine (C=N–C) groups is 1. The Kier molecular flexibility index (Phi) is 7.91. The molecule has 2 N–H and O–H groups in total. The summed E-state index contributed by atoms with van der Waals surface area (Å²) in [6.07, 6.45) is -2.26. The van der Waals surface area contributed by atoms with E-state index >= 15 is 0 Å². The molecule has 1 heterocycles. The van der Waals surface area contributed by atoms with Gasteiger partial charge in [0.05, 0.1) is 5.56 Å². The van der Waals surface area contributed by atoms with E-state index in [9.17, 15) is 13.2 Å². The van der Waals surface area contributed by atoms with E-state index in [1.165, 1.54) is 0 Å². The van der Waals surface area contributed by atoms with Gasteiger partial charge in [-0.25, -0.2) is 0 Å². The highest BCUT2D eigenvalue weighted by Crippen LogP contribution is 2.29. The Hall–Kier alpha value is -1.80. The first-order valence-electron chi connectivity index (χ1n) is 9.28. The second-order valence-corrected chi connectivity index (χ2v) is 7.22. The van der Waals surface area contributed by atoms with Gasteiger partial charge in [-0.15, -0.1) is 0 Å². The molecule has 1 atom stereocenters. The van der Waals surface area contributed by atoms with Crippen LogP contribution in [0.5, 0.6) is 0 Å². The second kappa shape index (κ2) is 9.94. The number of alkyl halides is 3. The molecule has 5 nitrogen and oxygen atoms in total. The fourth-order valence-corrected chi connectivity index (χ4v) is 3.14. The predicted molar refractivity (Wildman–Crippen MR) is 103 cm³/mol. The van der Waals surface area contributed by atoms with Crippen LogP contribution in [0.3, 0.4) is 0 Å². The molecular formula is C19H30F3N5. The monoisotopic (exact) mass is 385 g/mol. The number of likely N-dealkylation sites (tertiary alicyclic amines) is 1. The number of guanidine groups is 1. The first-order valence-corrected chi connectivity index (χ1v) is 9.28. The topological polar surface area (TPSA) is 42.9 Å². The maximum atomic E-state index is 12.6. The molecule has 0 spiro atoms. The first kappa shape index (κ1) is 21.5. The number of nitrogens with one attached hydrogen (secondary N) is 2. The summed E-state index contributed by atoms with van der Waals surface area (Å²) >= 11 is 0. The van der Waals surface area contributed by atoms with Gasteiger partial charge in [0.1, 0.15) is 0 Å². The number of hydrogen-bond donors (Lipinski definition) is 2. The van der Waals surface area contributed by atoms with Crippen LogP contribution in [0.25, 0.3) is 0 Å². The Morgan fingerprint density at radius 1 is 1.26 bits per heavy atom. The van der Waals surface area contributed by atoms with Crippen molar-refractivity contribution < 1.29 is 13.2 Å². The van der Waals surface area contributed by atoms with Gasteiger partial charge in [0.15, 0.2) is 5.96 Å². The Bertz CT molecular complexity index is 598. The van der Waals surface area contributed by atoms with Crippen LogP contribution in [0.15, 0.2) is 29.3 Å². The molecule has 1 aromatic rings. The zero-order chi connectivity index (χ0) is 19.9. The molecule has 1 fully saturated rings. The molecule has 1 aliphatic rings. The molecule has 1 saturated heterocycles. The van der Waals surface area contributed by atoms with Gasteiger partial charge in [-0.3, -0.25) is 9.89 Å². The summed E-state index contributed by atoms with van der Waals surface area (Å²) in [7, 11) is 5.86. The molecule has 8 heteroatoms. The quantitative estimate of drug-likeness (QED) is 0.430. The second-order valence-electron chi connectivity index (χ2n) is 7.22. The van der Waals surface area contributed by atoms with Crippen molar-refractivity contribution in [2.24, 2.45) is 4.99 Å². The SMILES string of the molecule is CN=C(NCCCN(C)C)NC1CCN(Cc2ccc(C(F)(F)F)cc2)C1. The fraction of sp³-hybridized carbons (Fsp3) is 0.632. The zero-order valence-electron chi connectivity index (χ0n) is 16.3. The summed E-state index contributed by atoms with van der Waals surface area (Å²) in [5.41, 5.74) is 0.297. The standard InChI is InChI=1S/C19H30F3N5/c1-23-18(24-10-4-11-26(2)3)25-17-9-12-27(14-17)13-15-5-7-16(8-6-15)19(20,21)22/h5-8,17H,4,9-14H2,1-3H3,(H2,23,24,25). The molecule has 152 valence electrons. The van der Waals surface area contributed by atoms with E-state index in [2.05, 4.69) is 39.5 Å². The highest BCUT2D eigenvalue weighted by atomic mass is 19.4. The van der Waals surface area contributed by atoms with Crippen molar-refractivity contribution in [3.05, 3.63) is 35.4 Å². The van der Waals surface area contributed by atoms with Gasteiger partial charge < -0.3 is 15.5 Å². The molecule has 1 aromatic carbocycles. The number of nitrogens with zero attached hydrogens (tertiary/aromatic N) is 3. The van der Waals surface area contributed by atoms with Crippen molar-refractivity contribution in [3.8, 4) is 0 Å². The molecule has 0 aromatic heterocycles. The smallest absolute Gasteiger partial charge is 0.356 e. The van der Waals surface area contributed by atoms with Crippen molar-refractivity contribution in [1.29, 1.82) is 0 Å². The van der Waals surface area contributed by atoms with E-state index in [1.807, 2.05) is 0 Å². The largest absolute Gasteiger partial charge is 0.416 e. The average molecular weight is 385 g/mol. The lowest BCUT2D eigenvalue weighted by Gasteiger charge is -2.19. The normalized spacial score (nSPS) is 18.9. The van der Waals surface area contributed by atoms with Crippen molar-refractivity contribution in [2.45, 2.75) is 31.6 Å². The third-order valence-corrected chi connectivity index (χ3v) is 4.60. The van der Waals surface area contributed by atoms with Gasteiger partial charge in [-0.05, 0) is 51.2 Å².